The summed E-state index contributed by atoms with van der Waals surface area (Å²) in [5, 5.41) is 0. The van der Waals surface area contributed by atoms with Gasteiger partial charge in [-0.3, -0.25) is 14.5 Å². The van der Waals surface area contributed by atoms with Crippen molar-refractivity contribution in [3.05, 3.63) is 63.8 Å². The van der Waals surface area contributed by atoms with Gasteiger partial charge >= 0.3 is 0 Å². The van der Waals surface area contributed by atoms with Crippen LogP contribution < -0.4 is 5.56 Å². The summed E-state index contributed by atoms with van der Waals surface area (Å²) in [6.45, 7) is 3.49. The molecule has 1 amide bonds. The lowest BCUT2D eigenvalue weighted by molar-refractivity contribution is 0.0766. The molecule has 4 rings (SSSR count). The normalized spacial score (nSPS) is 20.9. The summed E-state index contributed by atoms with van der Waals surface area (Å²) in [5.41, 5.74) is 0.331. The number of benzene rings is 1. The largest absolute Gasteiger partial charge is 0.337 e. The van der Waals surface area contributed by atoms with Crippen molar-refractivity contribution < 1.29 is 13.6 Å². The second kappa shape index (κ2) is 8.41. The molecule has 2 fully saturated rings. The maximum absolute atomic E-state index is 13.9. The second-order valence-electron chi connectivity index (χ2n) is 7.92. The zero-order valence-electron chi connectivity index (χ0n) is 16.1. The molecule has 0 unspecified atom stereocenters. The average Bonchev–Trinajstić information content (AvgIpc) is 3.22. The lowest BCUT2D eigenvalue weighted by atomic mass is 9.83. The molecule has 1 aromatic carbocycles. The smallest absolute Gasteiger partial charge is 0.273 e. The maximum atomic E-state index is 13.9. The highest BCUT2D eigenvalue weighted by atomic mass is 19.2. The SMILES string of the molecule is O=C(c1c[nH]c(=O)cn1)N1CC[C@H](C2CCN(Cc3cccc(F)c3F)CC2)C1. The average molecular weight is 402 g/mol. The highest BCUT2D eigenvalue weighted by Crippen LogP contribution is 2.32. The maximum Gasteiger partial charge on any atom is 0.273 e. The number of rotatable bonds is 4. The van der Waals surface area contributed by atoms with Gasteiger partial charge in [0.1, 0.15) is 5.69 Å². The minimum Gasteiger partial charge on any atom is -0.337 e. The van der Waals surface area contributed by atoms with E-state index in [4.69, 9.17) is 0 Å². The van der Waals surface area contributed by atoms with E-state index in [9.17, 15) is 18.4 Å². The molecule has 1 aromatic heterocycles. The van der Waals surface area contributed by atoms with Crippen molar-refractivity contribution in [1.82, 2.24) is 19.8 Å². The number of hydrogen-bond donors (Lipinski definition) is 1. The van der Waals surface area contributed by atoms with Gasteiger partial charge in [0, 0.05) is 31.4 Å². The van der Waals surface area contributed by atoms with Gasteiger partial charge in [0.05, 0.1) is 6.20 Å². The molecule has 0 saturated carbocycles. The number of amides is 1. The lowest BCUT2D eigenvalue weighted by Crippen LogP contribution is -2.37. The molecular formula is C21H24F2N4O2. The van der Waals surface area contributed by atoms with Crippen LogP contribution in [0.5, 0.6) is 0 Å². The van der Waals surface area contributed by atoms with E-state index in [2.05, 4.69) is 14.9 Å². The van der Waals surface area contributed by atoms with Crippen LogP contribution in [-0.4, -0.2) is 51.9 Å². The number of H-pyrrole nitrogens is 1. The first kappa shape index (κ1) is 19.7. The van der Waals surface area contributed by atoms with Crippen LogP contribution in [-0.2, 0) is 6.54 Å². The number of carbonyl (C=O) groups is 1. The molecule has 0 spiro atoms. The van der Waals surface area contributed by atoms with Crippen LogP contribution in [0, 0.1) is 23.5 Å². The minimum absolute atomic E-state index is 0.150. The van der Waals surface area contributed by atoms with Crippen LogP contribution in [0.25, 0.3) is 0 Å². The Morgan fingerprint density at radius 1 is 1.14 bits per heavy atom. The van der Waals surface area contributed by atoms with Gasteiger partial charge in [0.25, 0.3) is 11.5 Å². The van der Waals surface area contributed by atoms with Crippen molar-refractivity contribution in [1.29, 1.82) is 0 Å². The summed E-state index contributed by atoms with van der Waals surface area (Å²) >= 11 is 0. The van der Waals surface area contributed by atoms with Crippen LogP contribution in [0.3, 0.4) is 0 Å². The molecular weight excluding hydrogens is 378 g/mol. The fourth-order valence-electron chi connectivity index (χ4n) is 4.47. The number of carbonyl (C=O) groups excluding carboxylic acids is 1. The number of aromatic nitrogens is 2. The number of nitrogens with one attached hydrogen (secondary N) is 1. The zero-order valence-corrected chi connectivity index (χ0v) is 16.1. The van der Waals surface area contributed by atoms with E-state index in [0.29, 0.717) is 37.0 Å². The van der Waals surface area contributed by atoms with Crippen LogP contribution in [0.4, 0.5) is 8.78 Å². The van der Waals surface area contributed by atoms with Gasteiger partial charge in [-0.15, -0.1) is 0 Å². The summed E-state index contributed by atoms with van der Waals surface area (Å²) in [6, 6.07) is 4.32. The number of halogens is 2. The molecule has 0 radical (unpaired) electrons. The fourth-order valence-corrected chi connectivity index (χ4v) is 4.47. The van der Waals surface area contributed by atoms with E-state index in [1.807, 2.05) is 0 Å². The van der Waals surface area contributed by atoms with E-state index in [1.54, 1.807) is 17.0 Å². The quantitative estimate of drug-likeness (QED) is 0.853. The molecule has 154 valence electrons. The van der Waals surface area contributed by atoms with Crippen LogP contribution in [0.1, 0.15) is 35.3 Å². The summed E-state index contributed by atoms with van der Waals surface area (Å²) in [7, 11) is 0. The number of piperidine rings is 1. The van der Waals surface area contributed by atoms with Gasteiger partial charge in [0.2, 0.25) is 0 Å². The summed E-state index contributed by atoms with van der Waals surface area (Å²) in [6.07, 6.45) is 5.42. The molecule has 2 aliphatic rings. The molecule has 1 atom stereocenters. The van der Waals surface area contributed by atoms with Crippen LogP contribution in [0.15, 0.2) is 35.4 Å². The molecule has 2 aromatic rings. The first-order chi connectivity index (χ1) is 14.0. The summed E-state index contributed by atoms with van der Waals surface area (Å²) in [5.74, 6) is -0.747. The third-order valence-electron chi connectivity index (χ3n) is 6.13. The van der Waals surface area contributed by atoms with Crippen molar-refractivity contribution in [3.63, 3.8) is 0 Å². The van der Waals surface area contributed by atoms with Crippen molar-refractivity contribution >= 4 is 5.91 Å². The standard InChI is InChI=1S/C21H24F2N4O2/c22-17-3-1-2-16(20(17)23)12-26-7-4-14(5-8-26)15-6-9-27(13-15)21(29)18-10-25-19(28)11-24-18/h1-3,10-11,14-15H,4-9,12-13H2,(H,25,28)/t15-/m0/s1. The molecule has 6 nitrogen and oxygen atoms in total. The van der Waals surface area contributed by atoms with E-state index in [1.165, 1.54) is 6.20 Å². The molecule has 0 bridgehead atoms. The van der Waals surface area contributed by atoms with Gasteiger partial charge in [-0.1, -0.05) is 12.1 Å². The van der Waals surface area contributed by atoms with Gasteiger partial charge in [0.15, 0.2) is 11.6 Å². The minimum atomic E-state index is -0.801. The van der Waals surface area contributed by atoms with Crippen molar-refractivity contribution in [2.24, 2.45) is 11.8 Å². The number of hydrogen-bond acceptors (Lipinski definition) is 4. The Labute approximate surface area is 167 Å². The van der Waals surface area contributed by atoms with Gasteiger partial charge in [-0.25, -0.2) is 13.8 Å². The predicted octanol–water partition coefficient (Wildman–Crippen LogP) is 2.42. The predicted molar refractivity (Wildman–Crippen MR) is 103 cm³/mol. The topological polar surface area (TPSA) is 69.3 Å². The number of nitrogens with zero attached hydrogens (tertiary/aromatic N) is 3. The zero-order chi connectivity index (χ0) is 20.4. The Balaban J connectivity index is 1.29. The highest BCUT2D eigenvalue weighted by Gasteiger charge is 2.34. The van der Waals surface area contributed by atoms with Crippen molar-refractivity contribution in [3.8, 4) is 0 Å². The molecule has 8 heteroatoms. The van der Waals surface area contributed by atoms with Crippen LogP contribution >= 0.6 is 0 Å². The highest BCUT2D eigenvalue weighted by molar-refractivity contribution is 5.92. The fraction of sp³-hybridized carbons (Fsp3) is 0.476. The Bertz CT molecular complexity index is 920. The first-order valence-electron chi connectivity index (χ1n) is 10.0. The second-order valence-corrected chi connectivity index (χ2v) is 7.92. The Kier molecular flexibility index (Phi) is 5.71. The van der Waals surface area contributed by atoms with Gasteiger partial charge < -0.3 is 9.88 Å². The third-order valence-corrected chi connectivity index (χ3v) is 6.13. The van der Waals surface area contributed by atoms with Crippen LogP contribution in [0.2, 0.25) is 0 Å². The number of aromatic amines is 1. The van der Waals surface area contributed by atoms with E-state index in [-0.39, 0.29) is 17.2 Å². The number of likely N-dealkylation sites (tertiary alicyclic amines) is 2. The van der Waals surface area contributed by atoms with Crippen molar-refractivity contribution in [2.75, 3.05) is 26.2 Å². The Morgan fingerprint density at radius 2 is 1.90 bits per heavy atom. The summed E-state index contributed by atoms with van der Waals surface area (Å²) in [4.78, 5) is 34.1. The monoisotopic (exact) mass is 402 g/mol. The first-order valence-corrected chi connectivity index (χ1v) is 10.0. The van der Waals surface area contributed by atoms with Gasteiger partial charge in [-0.2, -0.15) is 0 Å². The lowest BCUT2D eigenvalue weighted by Gasteiger charge is -2.34. The molecule has 1 N–H and O–H groups in total. The molecule has 2 aliphatic heterocycles. The summed E-state index contributed by atoms with van der Waals surface area (Å²) < 4.78 is 27.3. The molecule has 0 aliphatic carbocycles. The van der Waals surface area contributed by atoms with E-state index >= 15 is 0 Å². The van der Waals surface area contributed by atoms with E-state index in [0.717, 1.165) is 44.6 Å². The Morgan fingerprint density at radius 3 is 2.62 bits per heavy atom. The van der Waals surface area contributed by atoms with Gasteiger partial charge in [-0.05, 0) is 50.3 Å². The molecule has 2 saturated heterocycles. The molecule has 3 heterocycles. The Hall–Kier alpha value is -2.61. The molecule has 29 heavy (non-hydrogen) atoms. The third kappa shape index (κ3) is 4.37. The van der Waals surface area contributed by atoms with E-state index < -0.39 is 11.6 Å². The van der Waals surface area contributed by atoms with Crippen molar-refractivity contribution in [2.45, 2.75) is 25.8 Å².